The van der Waals surface area contributed by atoms with E-state index in [1.807, 2.05) is 44.2 Å². The van der Waals surface area contributed by atoms with Crippen molar-refractivity contribution >= 4 is 28.3 Å². The fourth-order valence-corrected chi connectivity index (χ4v) is 4.67. The molecule has 4 rings (SSSR count). The average molecular weight is 464 g/mol. The van der Waals surface area contributed by atoms with Crippen molar-refractivity contribution < 1.29 is 9.18 Å². The molecule has 0 saturated heterocycles. The van der Waals surface area contributed by atoms with Gasteiger partial charge in [-0.25, -0.2) is 14.4 Å². The van der Waals surface area contributed by atoms with E-state index in [1.165, 1.54) is 10.9 Å². The van der Waals surface area contributed by atoms with E-state index in [0.29, 0.717) is 42.1 Å². The molecule has 0 bridgehead atoms. The van der Waals surface area contributed by atoms with Crippen molar-refractivity contribution in [1.29, 1.82) is 0 Å². The summed E-state index contributed by atoms with van der Waals surface area (Å²) in [5.41, 5.74) is 4.48. The van der Waals surface area contributed by atoms with Crippen LogP contribution in [0.15, 0.2) is 41.5 Å². The fraction of sp³-hybridized carbons (Fsp3) is 0.385. The molecule has 2 atom stereocenters. The number of alkyl halides is 1. The van der Waals surface area contributed by atoms with E-state index in [2.05, 4.69) is 15.3 Å². The third-order valence-electron chi connectivity index (χ3n) is 6.67. The molecule has 0 fully saturated rings. The molecule has 1 N–H and O–H groups in total. The molecule has 7 nitrogen and oxygen atoms in total. The van der Waals surface area contributed by atoms with Gasteiger partial charge in [0.1, 0.15) is 24.0 Å². The summed E-state index contributed by atoms with van der Waals surface area (Å²) in [7, 11) is 1.70. The average Bonchev–Trinajstić information content (AvgIpc) is 2.81. The van der Waals surface area contributed by atoms with Gasteiger partial charge in [-0.3, -0.25) is 14.2 Å². The monoisotopic (exact) mass is 463 g/mol. The number of anilines is 1. The molecular weight excluding hydrogens is 433 g/mol. The quantitative estimate of drug-likeness (QED) is 0.604. The maximum absolute atomic E-state index is 14.0. The van der Waals surface area contributed by atoms with Gasteiger partial charge in [-0.2, -0.15) is 0 Å². The van der Waals surface area contributed by atoms with Crippen molar-refractivity contribution in [3.8, 4) is 0 Å². The Balaban J connectivity index is 1.75. The summed E-state index contributed by atoms with van der Waals surface area (Å²) in [6, 6.07) is 7.36. The number of nitrogens with zero attached hydrogens (tertiary/aromatic N) is 4. The molecule has 1 aromatic carbocycles. The Morgan fingerprint density at radius 2 is 1.94 bits per heavy atom. The predicted octanol–water partition coefficient (Wildman–Crippen LogP) is 4.48. The second kappa shape index (κ2) is 9.37. The summed E-state index contributed by atoms with van der Waals surface area (Å²) >= 11 is 0. The minimum atomic E-state index is -1.05. The SMILES string of the molecule is CC(=O)N1CC=C(c2cc3c(N[C@H](C)c4cccc(C(C)F)c4C)ncnc3n(C)c2=O)CC1. The first-order valence-electron chi connectivity index (χ1n) is 11.5. The third-order valence-corrected chi connectivity index (χ3v) is 6.67. The molecule has 0 spiro atoms. The minimum Gasteiger partial charge on any atom is -0.363 e. The summed E-state index contributed by atoms with van der Waals surface area (Å²) in [5.74, 6) is 0.631. The summed E-state index contributed by atoms with van der Waals surface area (Å²) in [4.78, 5) is 35.4. The third kappa shape index (κ3) is 4.32. The number of nitrogens with one attached hydrogen (secondary N) is 1. The number of aryl methyl sites for hydroxylation is 1. The van der Waals surface area contributed by atoms with Gasteiger partial charge >= 0.3 is 0 Å². The minimum absolute atomic E-state index is 0.0251. The molecule has 3 heterocycles. The molecule has 0 saturated carbocycles. The number of benzene rings is 1. The van der Waals surface area contributed by atoms with Crippen LogP contribution in [0.1, 0.15) is 61.7 Å². The van der Waals surface area contributed by atoms with Crippen LogP contribution < -0.4 is 10.9 Å². The van der Waals surface area contributed by atoms with Crippen LogP contribution in [0.5, 0.6) is 0 Å². The Morgan fingerprint density at radius 1 is 1.21 bits per heavy atom. The van der Waals surface area contributed by atoms with Crippen molar-refractivity contribution in [2.24, 2.45) is 7.05 Å². The number of rotatable bonds is 5. The Bertz CT molecular complexity index is 1350. The van der Waals surface area contributed by atoms with Crippen LogP contribution >= 0.6 is 0 Å². The van der Waals surface area contributed by atoms with Gasteiger partial charge in [0.15, 0.2) is 0 Å². The molecule has 3 aromatic rings. The van der Waals surface area contributed by atoms with E-state index in [4.69, 9.17) is 0 Å². The van der Waals surface area contributed by atoms with E-state index >= 15 is 0 Å². The number of amides is 1. The smallest absolute Gasteiger partial charge is 0.259 e. The second-order valence-electron chi connectivity index (χ2n) is 8.87. The molecule has 8 heteroatoms. The number of hydrogen-bond acceptors (Lipinski definition) is 5. The predicted molar refractivity (Wildman–Crippen MR) is 132 cm³/mol. The molecule has 0 radical (unpaired) electrons. The van der Waals surface area contributed by atoms with Gasteiger partial charge < -0.3 is 10.2 Å². The summed E-state index contributed by atoms with van der Waals surface area (Å²) in [5, 5.41) is 4.18. The van der Waals surface area contributed by atoms with Crippen LogP contribution in [0, 0.1) is 6.92 Å². The van der Waals surface area contributed by atoms with Crippen LogP contribution in [0.2, 0.25) is 0 Å². The lowest BCUT2D eigenvalue weighted by molar-refractivity contribution is -0.128. The fourth-order valence-electron chi connectivity index (χ4n) is 4.67. The Labute approximate surface area is 198 Å². The lowest BCUT2D eigenvalue weighted by atomic mass is 9.95. The summed E-state index contributed by atoms with van der Waals surface area (Å²) in [6.07, 6.45) is 2.95. The van der Waals surface area contributed by atoms with Crippen LogP contribution in [0.3, 0.4) is 0 Å². The zero-order valence-corrected chi connectivity index (χ0v) is 20.2. The van der Waals surface area contributed by atoms with Gasteiger partial charge in [-0.15, -0.1) is 0 Å². The lowest BCUT2D eigenvalue weighted by Gasteiger charge is -2.25. The number of hydrogen-bond donors (Lipinski definition) is 1. The normalized spacial score (nSPS) is 15.7. The van der Waals surface area contributed by atoms with Gasteiger partial charge in [0.05, 0.1) is 11.4 Å². The number of halogens is 1. The number of carbonyl (C=O) groups is 1. The van der Waals surface area contributed by atoms with Crippen molar-refractivity contribution in [2.75, 3.05) is 18.4 Å². The van der Waals surface area contributed by atoms with Crippen molar-refractivity contribution in [3.05, 3.63) is 69.3 Å². The number of carbonyl (C=O) groups excluding carboxylic acids is 1. The Kier molecular flexibility index (Phi) is 6.50. The van der Waals surface area contributed by atoms with Crippen molar-refractivity contribution in [2.45, 2.75) is 46.3 Å². The molecular formula is C26H30FN5O2. The van der Waals surface area contributed by atoms with Crippen LogP contribution in [-0.2, 0) is 11.8 Å². The first-order chi connectivity index (χ1) is 16.2. The zero-order valence-electron chi connectivity index (χ0n) is 20.2. The second-order valence-corrected chi connectivity index (χ2v) is 8.87. The Morgan fingerprint density at radius 3 is 2.59 bits per heavy atom. The molecule has 1 unspecified atom stereocenters. The van der Waals surface area contributed by atoms with Gasteiger partial charge in [-0.05, 0) is 55.5 Å². The first-order valence-corrected chi connectivity index (χ1v) is 11.5. The number of fused-ring (bicyclic) bond motifs is 1. The van der Waals surface area contributed by atoms with Crippen molar-refractivity contribution in [3.63, 3.8) is 0 Å². The molecule has 1 aliphatic heterocycles. The summed E-state index contributed by atoms with van der Waals surface area (Å²) < 4.78 is 15.6. The zero-order chi connectivity index (χ0) is 24.6. The van der Waals surface area contributed by atoms with E-state index in [1.54, 1.807) is 25.8 Å². The lowest BCUT2D eigenvalue weighted by Crippen LogP contribution is -2.33. The molecule has 0 aliphatic carbocycles. The van der Waals surface area contributed by atoms with Gasteiger partial charge in [0.2, 0.25) is 5.91 Å². The van der Waals surface area contributed by atoms with E-state index in [0.717, 1.165) is 22.1 Å². The van der Waals surface area contributed by atoms with Crippen LogP contribution in [-0.4, -0.2) is 38.4 Å². The van der Waals surface area contributed by atoms with Gasteiger partial charge in [0.25, 0.3) is 5.56 Å². The highest BCUT2D eigenvalue weighted by atomic mass is 19.1. The molecule has 2 aromatic heterocycles. The maximum Gasteiger partial charge on any atom is 0.259 e. The van der Waals surface area contributed by atoms with Gasteiger partial charge in [0, 0.05) is 32.6 Å². The van der Waals surface area contributed by atoms with Gasteiger partial charge in [-0.1, -0.05) is 24.3 Å². The highest BCUT2D eigenvalue weighted by molar-refractivity contribution is 5.89. The van der Waals surface area contributed by atoms with E-state index in [-0.39, 0.29) is 17.5 Å². The standard InChI is InChI=1S/C26H30FN5O2/c1-15-20(16(2)27)7-6-8-21(15)17(3)30-24-23-13-22(19-9-11-32(12-10-19)18(4)33)26(34)31(5)25(23)29-14-28-24/h6-9,13-14,16-17H,10-12H2,1-5H3,(H,28,29,30)/t16?,17-/m1/s1. The van der Waals surface area contributed by atoms with E-state index in [9.17, 15) is 14.0 Å². The van der Waals surface area contributed by atoms with Crippen LogP contribution in [0.25, 0.3) is 16.6 Å². The van der Waals surface area contributed by atoms with Crippen molar-refractivity contribution in [1.82, 2.24) is 19.4 Å². The number of aromatic nitrogens is 3. The summed E-state index contributed by atoms with van der Waals surface area (Å²) in [6.45, 7) is 8.10. The highest BCUT2D eigenvalue weighted by Gasteiger charge is 2.21. The van der Waals surface area contributed by atoms with Crippen LogP contribution in [0.4, 0.5) is 10.2 Å². The number of pyridine rings is 1. The highest BCUT2D eigenvalue weighted by Crippen LogP contribution is 2.31. The topological polar surface area (TPSA) is 80.1 Å². The maximum atomic E-state index is 14.0. The largest absolute Gasteiger partial charge is 0.363 e. The molecule has 178 valence electrons. The molecule has 34 heavy (non-hydrogen) atoms. The first kappa shape index (κ1) is 23.6. The Hall–Kier alpha value is -3.55. The van der Waals surface area contributed by atoms with E-state index < -0.39 is 6.17 Å². The molecule has 1 aliphatic rings. The molecule has 1 amide bonds.